The van der Waals surface area contributed by atoms with Gasteiger partial charge in [0.05, 0.1) is 17.7 Å². The van der Waals surface area contributed by atoms with Gasteiger partial charge in [-0.05, 0) is 41.3 Å². The maximum atomic E-state index is 14.0. The largest absolute Gasteiger partial charge is 0.303 e. The normalized spacial score (nSPS) is 13.2. The van der Waals surface area contributed by atoms with Crippen LogP contribution in [-0.4, -0.2) is 10.9 Å². The van der Waals surface area contributed by atoms with Gasteiger partial charge in [-0.25, -0.2) is 4.39 Å². The Morgan fingerprint density at radius 1 is 0.960 bits per heavy atom. The molecule has 0 bridgehead atoms. The summed E-state index contributed by atoms with van der Waals surface area (Å²) in [5, 5.41) is 2.50. The molecule has 2 heterocycles. The number of anilines is 1. The van der Waals surface area contributed by atoms with Gasteiger partial charge in [0.1, 0.15) is 5.82 Å². The lowest BCUT2D eigenvalue weighted by Crippen LogP contribution is -2.26. The molecule has 0 N–H and O–H groups in total. The Morgan fingerprint density at radius 3 is 2.68 bits per heavy atom. The van der Waals surface area contributed by atoms with Crippen molar-refractivity contribution in [2.24, 2.45) is 0 Å². The summed E-state index contributed by atoms with van der Waals surface area (Å²) in [6, 6.07) is 18.3. The average molecular weight is 328 g/mol. The molecule has 3 nitrogen and oxygen atoms in total. The molecule has 0 spiro atoms. The van der Waals surface area contributed by atoms with E-state index >= 15 is 0 Å². The Bertz CT molecular complexity index is 1160. The summed E-state index contributed by atoms with van der Waals surface area (Å²) in [5.74, 6) is -0.329. The number of benzene rings is 3. The fraction of sp³-hybridized carbons (Fsp3) is 0.0476. The van der Waals surface area contributed by atoms with E-state index in [-0.39, 0.29) is 11.7 Å². The Morgan fingerprint density at radius 2 is 1.80 bits per heavy atom. The van der Waals surface area contributed by atoms with Crippen LogP contribution >= 0.6 is 0 Å². The van der Waals surface area contributed by atoms with Crippen molar-refractivity contribution in [1.82, 2.24) is 4.98 Å². The van der Waals surface area contributed by atoms with Crippen LogP contribution in [0.1, 0.15) is 15.9 Å². The van der Waals surface area contributed by atoms with Crippen molar-refractivity contribution in [1.29, 1.82) is 0 Å². The molecular weight excluding hydrogens is 315 g/mol. The average Bonchev–Trinajstić information content (AvgIpc) is 2.92. The van der Waals surface area contributed by atoms with Crippen LogP contribution in [0.25, 0.3) is 21.7 Å². The molecular formula is C21H13FN2O. The third-order valence-electron chi connectivity index (χ3n) is 4.78. The second-order valence-electron chi connectivity index (χ2n) is 6.18. The van der Waals surface area contributed by atoms with Crippen LogP contribution in [0.5, 0.6) is 0 Å². The number of nitrogens with zero attached hydrogens (tertiary/aromatic N) is 2. The van der Waals surface area contributed by atoms with Gasteiger partial charge in [-0.2, -0.15) is 0 Å². The maximum absolute atomic E-state index is 14.0. The van der Waals surface area contributed by atoms with Crippen molar-refractivity contribution in [2.75, 3.05) is 4.90 Å². The molecule has 0 saturated carbocycles. The number of halogens is 1. The number of fused-ring (bicyclic) bond motifs is 1. The summed E-state index contributed by atoms with van der Waals surface area (Å²) in [4.78, 5) is 19.0. The topological polar surface area (TPSA) is 33.2 Å². The molecule has 25 heavy (non-hydrogen) atoms. The number of pyridine rings is 1. The second kappa shape index (κ2) is 5.11. The van der Waals surface area contributed by atoms with Crippen molar-refractivity contribution in [2.45, 2.75) is 6.54 Å². The van der Waals surface area contributed by atoms with E-state index in [0.29, 0.717) is 23.0 Å². The number of rotatable bonds is 2. The lowest BCUT2D eigenvalue weighted by atomic mass is 10.1. The van der Waals surface area contributed by atoms with Crippen LogP contribution in [0.3, 0.4) is 0 Å². The van der Waals surface area contributed by atoms with Gasteiger partial charge >= 0.3 is 0 Å². The molecule has 0 saturated heterocycles. The van der Waals surface area contributed by atoms with E-state index < -0.39 is 0 Å². The number of hydrogen-bond donors (Lipinski definition) is 0. The predicted octanol–water partition coefficient (Wildman–Crippen LogP) is 4.69. The van der Waals surface area contributed by atoms with Gasteiger partial charge in [0.25, 0.3) is 5.91 Å². The number of aromatic nitrogens is 1. The van der Waals surface area contributed by atoms with Gasteiger partial charge in [0, 0.05) is 22.5 Å². The molecule has 0 aliphatic carbocycles. The van der Waals surface area contributed by atoms with Gasteiger partial charge in [-0.15, -0.1) is 0 Å². The van der Waals surface area contributed by atoms with E-state index in [1.165, 1.54) is 6.07 Å². The van der Waals surface area contributed by atoms with E-state index in [2.05, 4.69) is 4.98 Å². The summed E-state index contributed by atoms with van der Waals surface area (Å²) < 4.78 is 14.0. The van der Waals surface area contributed by atoms with Crippen molar-refractivity contribution in [3.8, 4) is 0 Å². The van der Waals surface area contributed by atoms with Crippen LogP contribution in [0.4, 0.5) is 10.1 Å². The molecule has 120 valence electrons. The summed E-state index contributed by atoms with van der Waals surface area (Å²) in [7, 11) is 0. The van der Waals surface area contributed by atoms with E-state index in [1.807, 2.05) is 36.4 Å². The van der Waals surface area contributed by atoms with Crippen LogP contribution in [0.2, 0.25) is 0 Å². The zero-order chi connectivity index (χ0) is 17.0. The molecule has 4 heteroatoms. The van der Waals surface area contributed by atoms with Crippen LogP contribution in [-0.2, 0) is 6.54 Å². The van der Waals surface area contributed by atoms with Crippen molar-refractivity contribution < 1.29 is 9.18 Å². The molecule has 0 fully saturated rings. The quantitative estimate of drug-likeness (QED) is 0.535. The van der Waals surface area contributed by atoms with E-state index in [1.54, 1.807) is 29.3 Å². The first-order valence-electron chi connectivity index (χ1n) is 8.10. The predicted molar refractivity (Wildman–Crippen MR) is 96.2 cm³/mol. The van der Waals surface area contributed by atoms with Crippen molar-refractivity contribution in [3.63, 3.8) is 0 Å². The molecule has 1 amide bonds. The number of amides is 1. The minimum absolute atomic E-state index is 0.0276. The molecule has 1 aromatic heterocycles. The molecule has 4 aromatic rings. The van der Waals surface area contributed by atoms with Crippen molar-refractivity contribution >= 4 is 33.3 Å². The third kappa shape index (κ3) is 1.97. The van der Waals surface area contributed by atoms with Gasteiger partial charge in [-0.3, -0.25) is 9.78 Å². The Kier molecular flexibility index (Phi) is 2.88. The Labute approximate surface area is 143 Å². The van der Waals surface area contributed by atoms with E-state index in [9.17, 15) is 9.18 Å². The van der Waals surface area contributed by atoms with Gasteiger partial charge in [-0.1, -0.05) is 30.3 Å². The number of carbonyl (C=O) groups excluding carboxylic acids is 1. The summed E-state index contributed by atoms with van der Waals surface area (Å²) in [6.45, 7) is 0.362. The maximum Gasteiger partial charge on any atom is 0.259 e. The first-order chi connectivity index (χ1) is 12.2. The highest BCUT2D eigenvalue weighted by molar-refractivity contribution is 6.25. The van der Waals surface area contributed by atoms with Gasteiger partial charge in [0.2, 0.25) is 0 Å². The highest BCUT2D eigenvalue weighted by atomic mass is 19.1. The first kappa shape index (κ1) is 14.1. The molecule has 0 atom stereocenters. The SMILES string of the molecule is O=C1c2cccc3cccc(c23)N1Cc1ccc(F)c2cccnc12. The summed E-state index contributed by atoms with van der Waals surface area (Å²) >= 11 is 0. The zero-order valence-electron chi connectivity index (χ0n) is 13.2. The van der Waals surface area contributed by atoms with Crippen LogP contribution < -0.4 is 4.90 Å². The third-order valence-corrected chi connectivity index (χ3v) is 4.78. The minimum atomic E-state index is -0.301. The molecule has 0 radical (unpaired) electrons. The van der Waals surface area contributed by atoms with E-state index in [0.717, 1.165) is 22.0 Å². The highest BCUT2D eigenvalue weighted by Gasteiger charge is 2.29. The minimum Gasteiger partial charge on any atom is -0.303 e. The smallest absolute Gasteiger partial charge is 0.259 e. The van der Waals surface area contributed by atoms with Crippen LogP contribution in [0, 0.1) is 5.82 Å². The highest BCUT2D eigenvalue weighted by Crippen LogP contribution is 2.38. The molecule has 5 rings (SSSR count). The second-order valence-corrected chi connectivity index (χ2v) is 6.18. The lowest BCUT2D eigenvalue weighted by Gasteiger charge is -2.18. The van der Waals surface area contributed by atoms with Crippen LogP contribution in [0.15, 0.2) is 66.9 Å². The van der Waals surface area contributed by atoms with Gasteiger partial charge in [0.15, 0.2) is 0 Å². The number of hydrogen-bond acceptors (Lipinski definition) is 2. The zero-order valence-corrected chi connectivity index (χ0v) is 13.2. The Balaban J connectivity index is 1.67. The Hall–Kier alpha value is -3.27. The molecule has 1 aliphatic heterocycles. The van der Waals surface area contributed by atoms with Gasteiger partial charge < -0.3 is 4.90 Å². The molecule has 0 unspecified atom stereocenters. The van der Waals surface area contributed by atoms with Crippen molar-refractivity contribution in [3.05, 3.63) is 83.8 Å². The standard InChI is InChI=1S/C21H13FN2O/c22-17-10-9-14(20-15(17)7-3-11-23-20)12-24-18-8-2-5-13-4-1-6-16(19(13)18)21(24)25/h1-11H,12H2. The fourth-order valence-corrected chi connectivity index (χ4v) is 3.63. The number of carbonyl (C=O) groups is 1. The molecule has 1 aliphatic rings. The fourth-order valence-electron chi connectivity index (χ4n) is 3.63. The summed E-state index contributed by atoms with van der Waals surface area (Å²) in [5.41, 5.74) is 3.03. The first-order valence-corrected chi connectivity index (χ1v) is 8.10. The lowest BCUT2D eigenvalue weighted by molar-refractivity contribution is 0.0991. The van der Waals surface area contributed by atoms with E-state index in [4.69, 9.17) is 0 Å². The monoisotopic (exact) mass is 328 g/mol. The summed E-state index contributed by atoms with van der Waals surface area (Å²) in [6.07, 6.45) is 1.65. The molecule has 3 aromatic carbocycles.